The van der Waals surface area contributed by atoms with Gasteiger partial charge >= 0.3 is 5.97 Å². The molecule has 3 aliphatic rings. The summed E-state index contributed by atoms with van der Waals surface area (Å²) in [5.41, 5.74) is 2.30. The van der Waals surface area contributed by atoms with Crippen molar-refractivity contribution in [3.63, 3.8) is 0 Å². The fourth-order valence-corrected chi connectivity index (χ4v) is 5.16. The highest BCUT2D eigenvalue weighted by Gasteiger charge is 2.48. The van der Waals surface area contributed by atoms with Crippen LogP contribution in [0.5, 0.6) is 11.5 Å². The van der Waals surface area contributed by atoms with Crippen molar-refractivity contribution in [3.8, 4) is 11.5 Å². The molecule has 2 saturated heterocycles. The number of hydrogen-bond donors (Lipinski definition) is 0. The Labute approximate surface area is 209 Å². The summed E-state index contributed by atoms with van der Waals surface area (Å²) < 4.78 is 11.0. The van der Waals surface area contributed by atoms with Crippen LogP contribution >= 0.6 is 0 Å². The van der Waals surface area contributed by atoms with Gasteiger partial charge in [0.05, 0.1) is 30.0 Å². The van der Waals surface area contributed by atoms with E-state index in [1.165, 1.54) is 4.90 Å². The number of anilines is 2. The van der Waals surface area contributed by atoms with Crippen LogP contribution < -0.4 is 19.3 Å². The quantitative estimate of drug-likeness (QED) is 0.265. The molecule has 186 valence electrons. The zero-order chi connectivity index (χ0) is 25.4. The van der Waals surface area contributed by atoms with Crippen LogP contribution in [0, 0.1) is 17.8 Å². The normalized spacial score (nSPS) is 23.6. The number of fused-ring (bicyclic) bond motifs is 1. The van der Waals surface area contributed by atoms with Crippen LogP contribution in [0.15, 0.2) is 60.2 Å². The van der Waals surface area contributed by atoms with Crippen molar-refractivity contribution in [2.24, 2.45) is 17.8 Å². The van der Waals surface area contributed by atoms with Crippen molar-refractivity contribution in [3.05, 3.63) is 60.2 Å². The third-order valence-corrected chi connectivity index (χ3v) is 7.05. The number of benzene rings is 2. The molecule has 0 bridgehead atoms. The van der Waals surface area contributed by atoms with Crippen LogP contribution in [0.25, 0.3) is 0 Å². The van der Waals surface area contributed by atoms with Gasteiger partial charge in [0.2, 0.25) is 17.7 Å². The van der Waals surface area contributed by atoms with Gasteiger partial charge in [0.1, 0.15) is 11.5 Å². The molecular formula is C28H28N2O6. The van der Waals surface area contributed by atoms with E-state index in [1.54, 1.807) is 53.4 Å². The van der Waals surface area contributed by atoms with Crippen LogP contribution in [0.3, 0.4) is 0 Å². The summed E-state index contributed by atoms with van der Waals surface area (Å²) in [7, 11) is 0. The molecule has 3 atom stereocenters. The summed E-state index contributed by atoms with van der Waals surface area (Å²) >= 11 is 0. The van der Waals surface area contributed by atoms with Gasteiger partial charge in [-0.15, -0.1) is 0 Å². The zero-order valence-corrected chi connectivity index (χ0v) is 20.3. The van der Waals surface area contributed by atoms with Crippen LogP contribution in [-0.2, 0) is 19.2 Å². The Balaban J connectivity index is 1.22. The van der Waals surface area contributed by atoms with Gasteiger partial charge < -0.3 is 14.4 Å². The second kappa shape index (κ2) is 9.60. The topological polar surface area (TPSA) is 93.2 Å². The van der Waals surface area contributed by atoms with Gasteiger partial charge in [0.25, 0.3) is 0 Å². The van der Waals surface area contributed by atoms with Crippen LogP contribution in [-0.4, -0.2) is 36.8 Å². The van der Waals surface area contributed by atoms with Gasteiger partial charge in [-0.05, 0) is 75.2 Å². The molecule has 0 N–H and O–H groups in total. The maximum absolute atomic E-state index is 12.9. The Morgan fingerprint density at radius 1 is 0.889 bits per heavy atom. The molecule has 2 heterocycles. The summed E-state index contributed by atoms with van der Waals surface area (Å²) in [4.78, 5) is 53.9. The van der Waals surface area contributed by atoms with Crippen LogP contribution in [0.2, 0.25) is 0 Å². The van der Waals surface area contributed by atoms with E-state index >= 15 is 0 Å². The average Bonchev–Trinajstić information content (AvgIpc) is 3.37. The van der Waals surface area contributed by atoms with Crippen LogP contribution in [0.1, 0.15) is 33.1 Å². The number of imide groups is 1. The first-order chi connectivity index (χ1) is 17.4. The molecule has 2 fully saturated rings. The Hall–Kier alpha value is -3.94. The number of hydrogen-bond acceptors (Lipinski definition) is 6. The molecule has 0 saturated carbocycles. The highest BCUT2D eigenvalue weighted by molar-refractivity contribution is 6.22. The van der Waals surface area contributed by atoms with Crippen molar-refractivity contribution in [1.82, 2.24) is 0 Å². The Morgan fingerprint density at radius 3 is 2.22 bits per heavy atom. The molecule has 0 aromatic heterocycles. The smallest absolute Gasteiger partial charge is 0.316 e. The minimum absolute atomic E-state index is 0.0666. The van der Waals surface area contributed by atoms with E-state index in [0.717, 1.165) is 11.3 Å². The number of carbonyl (C=O) groups excluding carboxylic acids is 4. The van der Waals surface area contributed by atoms with Crippen molar-refractivity contribution in [2.45, 2.75) is 33.1 Å². The lowest BCUT2D eigenvalue weighted by Crippen LogP contribution is -2.30. The first-order valence-electron chi connectivity index (χ1n) is 12.2. The van der Waals surface area contributed by atoms with Gasteiger partial charge in [-0.1, -0.05) is 11.6 Å². The maximum atomic E-state index is 12.9. The number of nitrogens with zero attached hydrogens (tertiary/aromatic N) is 2. The van der Waals surface area contributed by atoms with E-state index in [1.807, 2.05) is 19.9 Å². The van der Waals surface area contributed by atoms with Crippen molar-refractivity contribution < 1.29 is 28.7 Å². The molecule has 0 radical (unpaired) electrons. The molecule has 0 unspecified atom stereocenters. The lowest BCUT2D eigenvalue weighted by atomic mass is 9.82. The van der Waals surface area contributed by atoms with E-state index in [4.69, 9.17) is 9.47 Å². The van der Waals surface area contributed by atoms with Crippen molar-refractivity contribution >= 4 is 35.1 Å². The molecule has 2 aromatic carbocycles. The second-order valence-corrected chi connectivity index (χ2v) is 9.46. The van der Waals surface area contributed by atoms with E-state index in [2.05, 4.69) is 0 Å². The number of allylic oxidation sites excluding steroid dienone is 2. The molecule has 36 heavy (non-hydrogen) atoms. The molecule has 1 aliphatic carbocycles. The Morgan fingerprint density at radius 2 is 1.53 bits per heavy atom. The summed E-state index contributed by atoms with van der Waals surface area (Å²) in [6.07, 6.45) is 3.29. The molecule has 8 heteroatoms. The van der Waals surface area contributed by atoms with E-state index in [0.29, 0.717) is 36.6 Å². The molecule has 3 amide bonds. The first kappa shape index (κ1) is 23.8. The predicted molar refractivity (Wildman–Crippen MR) is 133 cm³/mol. The van der Waals surface area contributed by atoms with Gasteiger partial charge in [0, 0.05) is 18.7 Å². The number of esters is 1. The minimum Gasteiger partial charge on any atom is -0.494 e. The summed E-state index contributed by atoms with van der Waals surface area (Å²) in [6.45, 7) is 4.67. The number of rotatable bonds is 6. The first-order valence-corrected chi connectivity index (χ1v) is 12.2. The largest absolute Gasteiger partial charge is 0.494 e. The van der Waals surface area contributed by atoms with Gasteiger partial charge in [-0.25, -0.2) is 0 Å². The predicted octanol–water partition coefficient (Wildman–Crippen LogP) is 3.89. The molecule has 2 aliphatic heterocycles. The standard InChI is InChI=1S/C28H28N2O6/c1-3-35-21-9-5-19(6-10-21)29-16-18(15-25(29)31)28(34)36-22-11-7-20(8-12-22)30-26(32)23-13-4-17(2)14-24(23)27(30)33/h4-12,18,23-24H,3,13-16H2,1-2H3/t18-,23-,24-/m1/s1. The Kier molecular flexibility index (Phi) is 6.35. The van der Waals surface area contributed by atoms with E-state index in [-0.39, 0.29) is 42.5 Å². The zero-order valence-electron chi connectivity index (χ0n) is 20.3. The number of ether oxygens (including phenoxy) is 2. The lowest BCUT2D eigenvalue weighted by Gasteiger charge is -2.18. The molecule has 5 rings (SSSR count). The number of amides is 3. The van der Waals surface area contributed by atoms with E-state index < -0.39 is 11.9 Å². The fraction of sp³-hybridized carbons (Fsp3) is 0.357. The SMILES string of the molecule is CCOc1ccc(N2C[C@H](C(=O)Oc3ccc(N4C(=O)[C@@H]5CC=C(C)C[C@H]5C4=O)cc3)CC2=O)cc1. The molecular weight excluding hydrogens is 460 g/mol. The summed E-state index contributed by atoms with van der Waals surface area (Å²) in [6, 6.07) is 13.5. The lowest BCUT2D eigenvalue weighted by molar-refractivity contribution is -0.139. The van der Waals surface area contributed by atoms with Crippen LogP contribution in [0.4, 0.5) is 11.4 Å². The molecule has 0 spiro atoms. The van der Waals surface area contributed by atoms with E-state index in [9.17, 15) is 19.2 Å². The molecule has 8 nitrogen and oxygen atoms in total. The fourth-order valence-electron chi connectivity index (χ4n) is 5.16. The Bertz CT molecular complexity index is 1230. The third-order valence-electron chi connectivity index (χ3n) is 7.05. The molecule has 2 aromatic rings. The van der Waals surface area contributed by atoms with Gasteiger partial charge in [0.15, 0.2) is 0 Å². The average molecular weight is 489 g/mol. The van der Waals surface area contributed by atoms with Gasteiger partial charge in [-0.3, -0.25) is 24.1 Å². The van der Waals surface area contributed by atoms with Crippen molar-refractivity contribution in [1.29, 1.82) is 0 Å². The summed E-state index contributed by atoms with van der Waals surface area (Å²) in [5.74, 6) is -1.20. The maximum Gasteiger partial charge on any atom is 0.316 e. The minimum atomic E-state index is -0.593. The monoisotopic (exact) mass is 488 g/mol. The van der Waals surface area contributed by atoms with Gasteiger partial charge in [-0.2, -0.15) is 0 Å². The van der Waals surface area contributed by atoms with Crippen molar-refractivity contribution in [2.75, 3.05) is 23.0 Å². The summed E-state index contributed by atoms with van der Waals surface area (Å²) in [5, 5.41) is 0. The second-order valence-electron chi connectivity index (χ2n) is 9.46. The number of carbonyl (C=O) groups is 4. The highest BCUT2D eigenvalue weighted by Crippen LogP contribution is 2.40. The highest BCUT2D eigenvalue weighted by atomic mass is 16.5. The third kappa shape index (κ3) is 4.39.